The maximum absolute atomic E-state index is 11.2. The van der Waals surface area contributed by atoms with Crippen molar-refractivity contribution in [3.63, 3.8) is 0 Å². The highest BCUT2D eigenvalue weighted by Crippen LogP contribution is 2.18. The van der Waals surface area contributed by atoms with Gasteiger partial charge in [-0.25, -0.2) is 4.79 Å². The van der Waals surface area contributed by atoms with E-state index in [0.29, 0.717) is 5.95 Å². The van der Waals surface area contributed by atoms with Gasteiger partial charge in [-0.1, -0.05) is 11.8 Å². The molecule has 1 aromatic rings. The van der Waals surface area contributed by atoms with Crippen LogP contribution in [0.4, 0.5) is 10.7 Å². The quantitative estimate of drug-likeness (QED) is 0.780. The fourth-order valence-electron chi connectivity index (χ4n) is 0.743. The number of amides is 2. The van der Waals surface area contributed by atoms with Crippen molar-refractivity contribution in [1.82, 2.24) is 14.7 Å². The summed E-state index contributed by atoms with van der Waals surface area (Å²) >= 11 is 2.77. The number of rotatable bonds is 3. The van der Waals surface area contributed by atoms with Crippen LogP contribution in [0, 0.1) is 0 Å². The number of anilines is 1. The van der Waals surface area contributed by atoms with Crippen LogP contribution in [-0.2, 0) is 0 Å². The number of carbonyl (C=O) groups excluding carboxylic acids is 1. The predicted molar refractivity (Wildman–Crippen MR) is 59.0 cm³/mol. The van der Waals surface area contributed by atoms with Gasteiger partial charge in [0.15, 0.2) is 4.34 Å². The van der Waals surface area contributed by atoms with E-state index in [9.17, 15) is 4.79 Å². The SMILES string of the molecule is CSc1nc(NC(=O)NC(C)C)ns1. The molecule has 2 N–H and O–H groups in total. The lowest BCUT2D eigenvalue weighted by atomic mass is 10.4. The van der Waals surface area contributed by atoms with Crippen LogP contribution in [0.1, 0.15) is 13.8 Å². The van der Waals surface area contributed by atoms with Crippen LogP contribution >= 0.6 is 23.3 Å². The summed E-state index contributed by atoms with van der Waals surface area (Å²) in [7, 11) is 0. The van der Waals surface area contributed by atoms with E-state index in [1.54, 1.807) is 0 Å². The lowest BCUT2D eigenvalue weighted by molar-refractivity contribution is 0.250. The third kappa shape index (κ3) is 3.51. The second kappa shape index (κ2) is 5.16. The molecule has 1 aromatic heterocycles. The van der Waals surface area contributed by atoms with E-state index in [4.69, 9.17) is 0 Å². The minimum Gasteiger partial charge on any atom is -0.336 e. The van der Waals surface area contributed by atoms with Crippen molar-refractivity contribution < 1.29 is 4.79 Å². The van der Waals surface area contributed by atoms with Crippen molar-refractivity contribution in [2.24, 2.45) is 0 Å². The van der Waals surface area contributed by atoms with Crippen LogP contribution in [0.15, 0.2) is 4.34 Å². The highest BCUT2D eigenvalue weighted by molar-refractivity contribution is 8.00. The summed E-state index contributed by atoms with van der Waals surface area (Å²) in [5, 5.41) is 5.24. The molecule has 0 aliphatic rings. The number of urea groups is 1. The molecule has 0 radical (unpaired) electrons. The van der Waals surface area contributed by atoms with Crippen LogP contribution in [0.3, 0.4) is 0 Å². The minimum atomic E-state index is -0.273. The molecule has 0 saturated carbocycles. The topological polar surface area (TPSA) is 66.9 Å². The third-order valence-corrected chi connectivity index (χ3v) is 2.90. The molecule has 0 fully saturated rings. The Balaban J connectivity index is 2.47. The molecule has 0 aliphatic heterocycles. The molecule has 1 rings (SSSR count). The Labute approximate surface area is 90.9 Å². The number of thioether (sulfide) groups is 1. The largest absolute Gasteiger partial charge is 0.336 e. The second-order valence-corrected chi connectivity index (χ2v) is 4.65. The van der Waals surface area contributed by atoms with Crippen molar-refractivity contribution in [1.29, 1.82) is 0 Å². The molecule has 0 spiro atoms. The van der Waals surface area contributed by atoms with Gasteiger partial charge < -0.3 is 5.32 Å². The van der Waals surface area contributed by atoms with Gasteiger partial charge in [-0.3, -0.25) is 5.32 Å². The van der Waals surface area contributed by atoms with Crippen LogP contribution in [-0.4, -0.2) is 27.7 Å². The number of aromatic nitrogens is 2. The summed E-state index contributed by atoms with van der Waals surface area (Å²) in [4.78, 5) is 15.3. The molecule has 0 saturated heterocycles. The summed E-state index contributed by atoms with van der Waals surface area (Å²) < 4.78 is 4.81. The summed E-state index contributed by atoms with van der Waals surface area (Å²) in [6, 6.07) is -0.167. The molecular weight excluding hydrogens is 220 g/mol. The maximum Gasteiger partial charge on any atom is 0.321 e. The standard InChI is InChI=1S/C7H12N4OS2/c1-4(2)8-6(12)9-5-10-7(13-3)14-11-5/h4H,1-3H3,(H2,8,9,11,12). The normalized spacial score (nSPS) is 10.3. The Hall–Kier alpha value is -0.820. The fourth-order valence-corrected chi connectivity index (χ4v) is 1.71. The number of carbonyl (C=O) groups is 1. The highest BCUT2D eigenvalue weighted by atomic mass is 32.2. The van der Waals surface area contributed by atoms with Gasteiger partial charge >= 0.3 is 6.03 Å². The molecule has 78 valence electrons. The number of hydrogen-bond donors (Lipinski definition) is 2. The monoisotopic (exact) mass is 232 g/mol. The molecule has 0 aliphatic carbocycles. The van der Waals surface area contributed by atoms with Crippen molar-refractivity contribution >= 4 is 35.3 Å². The summed E-state index contributed by atoms with van der Waals surface area (Å²) in [5.74, 6) is 0.359. The average molecular weight is 232 g/mol. The van der Waals surface area contributed by atoms with Gasteiger partial charge in [0.1, 0.15) is 0 Å². The van der Waals surface area contributed by atoms with Crippen LogP contribution in [0.5, 0.6) is 0 Å². The lowest BCUT2D eigenvalue weighted by Gasteiger charge is -2.06. The van der Waals surface area contributed by atoms with E-state index in [0.717, 1.165) is 4.34 Å². The summed E-state index contributed by atoms with van der Waals surface area (Å²) in [6.07, 6.45) is 1.92. The van der Waals surface area contributed by atoms with Gasteiger partial charge in [-0.2, -0.15) is 9.36 Å². The smallest absolute Gasteiger partial charge is 0.321 e. The van der Waals surface area contributed by atoms with Gasteiger partial charge in [-0.15, -0.1) is 0 Å². The molecule has 0 atom stereocenters. The predicted octanol–water partition coefficient (Wildman–Crippen LogP) is 1.79. The molecule has 14 heavy (non-hydrogen) atoms. The Kier molecular flexibility index (Phi) is 4.15. The lowest BCUT2D eigenvalue weighted by Crippen LogP contribution is -2.34. The van der Waals surface area contributed by atoms with E-state index in [-0.39, 0.29) is 12.1 Å². The van der Waals surface area contributed by atoms with Gasteiger partial charge in [0, 0.05) is 6.04 Å². The minimum absolute atomic E-state index is 0.105. The van der Waals surface area contributed by atoms with E-state index in [2.05, 4.69) is 20.0 Å². The number of nitrogens with zero attached hydrogens (tertiary/aromatic N) is 2. The summed E-state index contributed by atoms with van der Waals surface area (Å²) in [6.45, 7) is 3.78. The highest BCUT2D eigenvalue weighted by Gasteiger charge is 2.07. The van der Waals surface area contributed by atoms with E-state index in [1.165, 1.54) is 23.3 Å². The Bertz CT molecular complexity index is 312. The molecule has 0 aromatic carbocycles. The first-order valence-electron chi connectivity index (χ1n) is 4.07. The zero-order valence-corrected chi connectivity index (χ0v) is 9.83. The van der Waals surface area contributed by atoms with Gasteiger partial charge in [-0.05, 0) is 31.6 Å². The number of hydrogen-bond acceptors (Lipinski definition) is 5. The first-order valence-corrected chi connectivity index (χ1v) is 6.07. The molecule has 0 bridgehead atoms. The molecule has 0 unspecified atom stereocenters. The third-order valence-electron chi connectivity index (χ3n) is 1.23. The Morgan fingerprint density at radius 2 is 2.29 bits per heavy atom. The fraction of sp³-hybridized carbons (Fsp3) is 0.571. The molecule has 2 amide bonds. The second-order valence-electron chi connectivity index (χ2n) is 2.84. The van der Waals surface area contributed by atoms with Crippen molar-refractivity contribution in [3.8, 4) is 0 Å². The molecule has 7 heteroatoms. The van der Waals surface area contributed by atoms with Crippen LogP contribution < -0.4 is 10.6 Å². The molecule has 1 heterocycles. The van der Waals surface area contributed by atoms with Crippen molar-refractivity contribution in [2.45, 2.75) is 24.2 Å². The van der Waals surface area contributed by atoms with Crippen LogP contribution in [0.2, 0.25) is 0 Å². The Morgan fingerprint density at radius 3 is 2.79 bits per heavy atom. The van der Waals surface area contributed by atoms with E-state index in [1.807, 2.05) is 20.1 Å². The van der Waals surface area contributed by atoms with Crippen molar-refractivity contribution in [2.75, 3.05) is 11.6 Å². The maximum atomic E-state index is 11.2. The number of nitrogens with one attached hydrogen (secondary N) is 2. The van der Waals surface area contributed by atoms with Gasteiger partial charge in [0.25, 0.3) is 0 Å². The van der Waals surface area contributed by atoms with Gasteiger partial charge in [0.05, 0.1) is 0 Å². The molecule has 5 nitrogen and oxygen atoms in total. The molecular formula is C7H12N4OS2. The average Bonchev–Trinajstić information content (AvgIpc) is 2.50. The first-order chi connectivity index (χ1) is 6.61. The Morgan fingerprint density at radius 1 is 1.57 bits per heavy atom. The van der Waals surface area contributed by atoms with Gasteiger partial charge in [0.2, 0.25) is 5.95 Å². The zero-order chi connectivity index (χ0) is 10.6. The first kappa shape index (κ1) is 11.3. The zero-order valence-electron chi connectivity index (χ0n) is 8.20. The summed E-state index contributed by atoms with van der Waals surface area (Å²) in [5.41, 5.74) is 0. The van der Waals surface area contributed by atoms with E-state index >= 15 is 0 Å². The van der Waals surface area contributed by atoms with Crippen molar-refractivity contribution in [3.05, 3.63) is 0 Å². The van der Waals surface area contributed by atoms with E-state index < -0.39 is 0 Å². The van der Waals surface area contributed by atoms with Crippen LogP contribution in [0.25, 0.3) is 0 Å².